The van der Waals surface area contributed by atoms with Crippen LogP contribution < -0.4 is 0 Å². The Morgan fingerprint density at radius 2 is 1.52 bits per heavy atom. The fraction of sp³-hybridized carbons (Fsp3) is 0.526. The topological polar surface area (TPSA) is 17.1 Å². The van der Waals surface area contributed by atoms with E-state index in [4.69, 9.17) is 11.6 Å². The molecule has 126 valence electrons. The van der Waals surface area contributed by atoms with Crippen molar-refractivity contribution in [2.45, 2.75) is 63.7 Å². The van der Waals surface area contributed by atoms with Crippen molar-refractivity contribution in [1.29, 1.82) is 0 Å². The highest BCUT2D eigenvalue weighted by molar-refractivity contribution is 6.30. The van der Waals surface area contributed by atoms with Crippen LogP contribution >= 0.6 is 11.6 Å². The van der Waals surface area contributed by atoms with Gasteiger partial charge < -0.3 is 0 Å². The van der Waals surface area contributed by atoms with Crippen LogP contribution in [-0.2, 0) is 4.79 Å². The number of carbonyl (C=O) groups is 1. The van der Waals surface area contributed by atoms with Crippen LogP contribution in [0.25, 0.3) is 6.08 Å². The summed E-state index contributed by atoms with van der Waals surface area (Å²) in [4.78, 5) is 10.4. The van der Waals surface area contributed by atoms with Gasteiger partial charge in [-0.3, -0.25) is 4.79 Å². The predicted octanol–water partition coefficient (Wildman–Crippen LogP) is 6.10. The molecule has 2 aliphatic rings. The molecule has 1 nitrogen and oxygen atoms in total. The third-order valence-electron chi connectivity index (χ3n) is 4.25. The summed E-state index contributed by atoms with van der Waals surface area (Å²) in [6, 6.07) is 7.77. The van der Waals surface area contributed by atoms with Gasteiger partial charge in [-0.2, -0.15) is 0 Å². The second kappa shape index (κ2) is 9.17. The molecule has 0 amide bonds. The summed E-state index contributed by atoms with van der Waals surface area (Å²) < 4.78 is 25.1. The normalized spacial score (nSPS) is 22.3. The molecule has 0 saturated heterocycles. The molecule has 3 rings (SSSR count). The molecule has 0 spiro atoms. The van der Waals surface area contributed by atoms with E-state index in [1.54, 1.807) is 0 Å². The number of ketones is 1. The predicted molar refractivity (Wildman–Crippen MR) is 91.2 cm³/mol. The van der Waals surface area contributed by atoms with Crippen LogP contribution in [0.4, 0.5) is 8.78 Å². The average Bonchev–Trinajstić information content (AvgIpc) is 2.53. The Bertz CT molecular complexity index is 536. The molecule has 0 bridgehead atoms. The van der Waals surface area contributed by atoms with Crippen LogP contribution in [0.2, 0.25) is 5.02 Å². The number of hydrogen-bond donors (Lipinski definition) is 0. The number of Topliss-reactive ketones (excluding diaryl/α,β-unsaturated/α-hetero) is 1. The van der Waals surface area contributed by atoms with E-state index in [0.717, 1.165) is 23.4 Å². The van der Waals surface area contributed by atoms with E-state index in [-0.39, 0.29) is 5.78 Å². The summed E-state index contributed by atoms with van der Waals surface area (Å²) in [5.74, 6) is 0.221. The zero-order chi connectivity index (χ0) is 16.7. The Hall–Kier alpha value is -1.22. The van der Waals surface area contributed by atoms with E-state index in [9.17, 15) is 13.6 Å². The van der Waals surface area contributed by atoms with Crippen molar-refractivity contribution in [3.8, 4) is 0 Å². The maximum atomic E-state index is 12.9. The largest absolute Gasteiger partial charge is 0.300 e. The second-order valence-electron chi connectivity index (χ2n) is 6.25. The number of alkyl halides is 2. The Morgan fingerprint density at radius 3 is 2.04 bits per heavy atom. The SMILES string of the molecule is FC1CCC(=Cc2cccc(Cl)c2)CC1.O=C1CCC(F)CC1. The number of benzene rings is 1. The van der Waals surface area contributed by atoms with Crippen molar-refractivity contribution in [2.75, 3.05) is 0 Å². The lowest BCUT2D eigenvalue weighted by atomic mass is 9.92. The molecule has 2 fully saturated rings. The third kappa shape index (κ3) is 6.82. The van der Waals surface area contributed by atoms with Crippen LogP contribution in [-0.4, -0.2) is 18.1 Å². The Kier molecular flexibility index (Phi) is 7.22. The molecular weight excluding hydrogens is 318 g/mol. The van der Waals surface area contributed by atoms with Gasteiger partial charge in [-0.05, 0) is 56.2 Å². The van der Waals surface area contributed by atoms with Crippen LogP contribution in [0.1, 0.15) is 56.9 Å². The standard InChI is InChI=1S/C13H14ClF.C6H9FO/c14-12-3-1-2-11(9-12)8-10-4-6-13(15)7-5-10;7-5-1-3-6(8)4-2-5/h1-3,8-9,13H,4-7H2;5H,1-4H2. The van der Waals surface area contributed by atoms with Crippen LogP contribution in [0.3, 0.4) is 0 Å². The molecule has 2 aliphatic carbocycles. The first-order valence-corrected chi connectivity index (χ1v) is 8.65. The quantitative estimate of drug-likeness (QED) is 0.603. The van der Waals surface area contributed by atoms with Crippen molar-refractivity contribution >= 4 is 23.5 Å². The maximum absolute atomic E-state index is 12.9. The number of hydrogen-bond acceptors (Lipinski definition) is 1. The molecule has 4 heteroatoms. The highest BCUT2D eigenvalue weighted by Crippen LogP contribution is 2.27. The van der Waals surface area contributed by atoms with Gasteiger partial charge >= 0.3 is 0 Å². The molecule has 0 aromatic heterocycles. The van der Waals surface area contributed by atoms with E-state index in [1.807, 2.05) is 24.3 Å². The van der Waals surface area contributed by atoms with E-state index in [1.165, 1.54) is 5.57 Å². The molecule has 0 atom stereocenters. The highest BCUT2D eigenvalue weighted by atomic mass is 35.5. The minimum Gasteiger partial charge on any atom is -0.300 e. The first kappa shape index (κ1) is 18.1. The lowest BCUT2D eigenvalue weighted by Crippen LogP contribution is -2.13. The molecule has 0 unspecified atom stereocenters. The third-order valence-corrected chi connectivity index (χ3v) is 4.48. The molecule has 0 radical (unpaired) electrons. The lowest BCUT2D eigenvalue weighted by molar-refractivity contribution is -0.121. The average molecular weight is 341 g/mol. The van der Waals surface area contributed by atoms with Gasteiger partial charge in [0.2, 0.25) is 0 Å². The molecule has 0 heterocycles. The van der Waals surface area contributed by atoms with Crippen molar-refractivity contribution in [3.63, 3.8) is 0 Å². The highest BCUT2D eigenvalue weighted by Gasteiger charge is 2.16. The molecule has 2 saturated carbocycles. The summed E-state index contributed by atoms with van der Waals surface area (Å²) in [5, 5.41) is 0.753. The van der Waals surface area contributed by atoms with Gasteiger partial charge in [0.25, 0.3) is 0 Å². The summed E-state index contributed by atoms with van der Waals surface area (Å²) in [7, 11) is 0. The number of carbonyl (C=O) groups excluding carboxylic acids is 1. The lowest BCUT2D eigenvalue weighted by Gasteiger charge is -2.17. The number of rotatable bonds is 1. The smallest absolute Gasteiger partial charge is 0.133 e. The molecule has 0 N–H and O–H groups in total. The molecule has 23 heavy (non-hydrogen) atoms. The van der Waals surface area contributed by atoms with Gasteiger partial charge in [0, 0.05) is 17.9 Å². The molecule has 1 aromatic carbocycles. The van der Waals surface area contributed by atoms with Gasteiger partial charge in [0.15, 0.2) is 0 Å². The zero-order valence-electron chi connectivity index (χ0n) is 13.2. The number of halogens is 3. The minimum absolute atomic E-state index is 0.221. The van der Waals surface area contributed by atoms with Crippen LogP contribution in [0, 0.1) is 0 Å². The molecule has 1 aromatic rings. The monoisotopic (exact) mass is 340 g/mol. The van der Waals surface area contributed by atoms with Gasteiger partial charge in [0.05, 0.1) is 0 Å². The van der Waals surface area contributed by atoms with Crippen molar-refractivity contribution in [2.24, 2.45) is 0 Å². The Labute approximate surface area is 141 Å². The summed E-state index contributed by atoms with van der Waals surface area (Å²) in [6.07, 6.45) is 5.78. The molecule has 0 aliphatic heterocycles. The summed E-state index contributed by atoms with van der Waals surface area (Å²) >= 11 is 5.90. The minimum atomic E-state index is -0.701. The fourth-order valence-electron chi connectivity index (χ4n) is 2.83. The maximum Gasteiger partial charge on any atom is 0.133 e. The van der Waals surface area contributed by atoms with Crippen LogP contribution in [0.5, 0.6) is 0 Å². The van der Waals surface area contributed by atoms with E-state index >= 15 is 0 Å². The van der Waals surface area contributed by atoms with Gasteiger partial charge in [0.1, 0.15) is 18.1 Å². The first-order chi connectivity index (χ1) is 11.0. The van der Waals surface area contributed by atoms with E-state index in [2.05, 4.69) is 6.08 Å². The Morgan fingerprint density at radius 1 is 0.957 bits per heavy atom. The Balaban J connectivity index is 0.000000203. The van der Waals surface area contributed by atoms with Gasteiger partial charge in [-0.25, -0.2) is 8.78 Å². The van der Waals surface area contributed by atoms with Crippen molar-refractivity contribution in [3.05, 3.63) is 40.4 Å². The molecular formula is C19H23ClF2O. The van der Waals surface area contributed by atoms with Gasteiger partial charge in [-0.15, -0.1) is 0 Å². The van der Waals surface area contributed by atoms with E-state index < -0.39 is 12.3 Å². The second-order valence-corrected chi connectivity index (χ2v) is 6.68. The van der Waals surface area contributed by atoms with Gasteiger partial charge in [-0.1, -0.05) is 35.4 Å². The van der Waals surface area contributed by atoms with E-state index in [0.29, 0.717) is 38.5 Å². The summed E-state index contributed by atoms with van der Waals surface area (Å²) in [6.45, 7) is 0. The van der Waals surface area contributed by atoms with Crippen molar-refractivity contribution < 1.29 is 13.6 Å². The number of allylic oxidation sites excluding steroid dienone is 1. The van der Waals surface area contributed by atoms with Crippen LogP contribution in [0.15, 0.2) is 29.8 Å². The fourth-order valence-corrected chi connectivity index (χ4v) is 3.03. The summed E-state index contributed by atoms with van der Waals surface area (Å²) in [5.41, 5.74) is 2.46. The zero-order valence-corrected chi connectivity index (χ0v) is 14.0. The van der Waals surface area contributed by atoms with Crippen molar-refractivity contribution in [1.82, 2.24) is 0 Å². The first-order valence-electron chi connectivity index (χ1n) is 8.28.